The Bertz CT molecular complexity index is 1970. The molecule has 70 heavy (non-hydrogen) atoms. The normalized spacial score (nSPS) is 36.6. The number of carbonyl (C=O) groups excluding carboxylic acids is 6. The van der Waals surface area contributed by atoms with Crippen LogP contribution in [0.3, 0.4) is 0 Å². The number of allylic oxidation sites excluding steroid dienone is 6. The quantitative estimate of drug-likeness (QED) is 0.139. The first kappa shape index (κ1) is 58.5. The minimum atomic E-state index is -2.45. The largest absolute Gasteiger partial charge is 0.460 e. The Hall–Kier alpha value is -4.12. The number of esters is 2. The summed E-state index contributed by atoms with van der Waals surface area (Å²) < 4.78 is 35.4. The fourth-order valence-electron chi connectivity index (χ4n) is 10.5. The number of piperidine rings is 1. The van der Waals surface area contributed by atoms with Crippen LogP contribution in [-0.4, -0.2) is 133 Å². The maximum absolute atomic E-state index is 14.5. The molecule has 1 saturated carbocycles. The third-order valence-electron chi connectivity index (χ3n) is 15.1. The first-order chi connectivity index (χ1) is 33.1. The van der Waals surface area contributed by atoms with Gasteiger partial charge < -0.3 is 43.5 Å². The van der Waals surface area contributed by atoms with Crippen molar-refractivity contribution in [3.8, 4) is 0 Å². The summed E-state index contributed by atoms with van der Waals surface area (Å²) in [7, 11) is 4.51. The van der Waals surface area contributed by atoms with Gasteiger partial charge in [0.05, 0.1) is 24.4 Å². The van der Waals surface area contributed by atoms with Crippen LogP contribution in [0.4, 0.5) is 0 Å². The maximum Gasteiger partial charge on any atom is 0.333 e. The van der Waals surface area contributed by atoms with E-state index >= 15 is 0 Å². The van der Waals surface area contributed by atoms with Crippen LogP contribution in [0, 0.1) is 35.5 Å². The van der Waals surface area contributed by atoms with E-state index in [-0.39, 0.29) is 48.4 Å². The zero-order valence-corrected chi connectivity index (χ0v) is 43.7. The first-order valence-corrected chi connectivity index (χ1v) is 25.4. The Labute approximate surface area is 416 Å². The molecule has 0 aromatic heterocycles. The summed E-state index contributed by atoms with van der Waals surface area (Å²) in [6.07, 6.45) is 10.9. The van der Waals surface area contributed by atoms with Gasteiger partial charge in [0.2, 0.25) is 5.79 Å². The summed E-state index contributed by atoms with van der Waals surface area (Å²) in [5.41, 5.74) is 1.45. The Morgan fingerprint density at radius 3 is 2.27 bits per heavy atom. The molecule has 15 heteroatoms. The second-order valence-corrected chi connectivity index (χ2v) is 20.8. The van der Waals surface area contributed by atoms with Gasteiger partial charge in [-0.05, 0) is 114 Å². The van der Waals surface area contributed by atoms with Crippen LogP contribution in [-0.2, 0) is 57.2 Å². The van der Waals surface area contributed by atoms with Crippen molar-refractivity contribution >= 4 is 35.2 Å². The van der Waals surface area contributed by atoms with Crippen molar-refractivity contribution in [1.82, 2.24) is 4.90 Å². The third kappa shape index (κ3) is 15.4. The molecule has 392 valence electrons. The molecule has 2 bridgehead atoms. The molecule has 1 amide bonds. The maximum atomic E-state index is 14.5. The van der Waals surface area contributed by atoms with Crippen molar-refractivity contribution in [2.24, 2.45) is 35.5 Å². The molecule has 3 heterocycles. The molecule has 0 spiro atoms. The monoisotopic (exact) mass is 982 g/mol. The zero-order chi connectivity index (χ0) is 52.0. The van der Waals surface area contributed by atoms with Gasteiger partial charge in [0.15, 0.2) is 11.6 Å². The number of ketones is 3. The molecule has 4 unspecified atom stereocenters. The van der Waals surface area contributed by atoms with E-state index in [1.165, 1.54) is 12.0 Å². The minimum Gasteiger partial charge on any atom is -0.460 e. The van der Waals surface area contributed by atoms with Crippen LogP contribution in [0.25, 0.3) is 0 Å². The molecule has 4 rings (SSSR count). The van der Waals surface area contributed by atoms with Crippen molar-refractivity contribution in [3.05, 3.63) is 59.8 Å². The van der Waals surface area contributed by atoms with Crippen LogP contribution in [0.5, 0.6) is 0 Å². The Kier molecular flexibility index (Phi) is 22.6. The molecule has 15 nitrogen and oxygen atoms in total. The molecule has 3 aliphatic heterocycles. The van der Waals surface area contributed by atoms with E-state index in [1.54, 1.807) is 48.0 Å². The smallest absolute Gasteiger partial charge is 0.333 e. The highest BCUT2D eigenvalue weighted by Gasteiger charge is 2.53. The number of cyclic esters (lactones) is 1. The third-order valence-corrected chi connectivity index (χ3v) is 15.1. The summed E-state index contributed by atoms with van der Waals surface area (Å²) >= 11 is 0. The van der Waals surface area contributed by atoms with Gasteiger partial charge >= 0.3 is 11.9 Å². The van der Waals surface area contributed by atoms with Gasteiger partial charge in [0.25, 0.3) is 11.7 Å². The number of amides is 1. The predicted octanol–water partition coefficient (Wildman–Crippen LogP) is 7.31. The highest BCUT2D eigenvalue weighted by Crippen LogP contribution is 2.38. The standard InChI is InChI=1S/C55H83NO14/c1-32(2)53(62)68-44-24-22-40(29-47(44)66-11)28-36(6)46-31-43(57)35(5)27-38(8)49(59)50(67-12)48(58)37(7)26-33(3)18-14-13-15-19-34(4)45(65-10)30-41-23-21-39(9)55(64,70-41)51(60)52(61)56-25-17-16-20-42(56)54(63)69-46/h13-15,18-19,27,33,36-42,44-47,49-50,59,64H,1,16-17,20-26,28-31H2,2-12H3/b15-13?,18-14?,34-19?,35-27+/t33?,36-,37+,38?,39+,40-,41-,42?,44+,45-,46-,47+,49+,50?,55+/m0/s1. The number of ether oxygens (including phenoxy) is 6. The number of rotatable bonds is 8. The average molecular weight is 982 g/mol. The SMILES string of the molecule is C=C(C)C(=O)O[C@@H]1CC[C@@H](C[C@H](C)[C@@H]2CC(=O)/C(C)=C/C(C)[C@@H](O)C(OC)C(=O)[C@H](C)CC(C)C=CC=CC=C(C)[C@@H](OC)C[C@@H]3CC[C@@H](C)[C@@](O)(O3)C(=O)C(=O)N3CCCCC3C(=O)O2)C[C@H]1OC. The topological polar surface area (TPSA) is 201 Å². The molecule has 2 N–H and O–H groups in total. The number of methoxy groups -OCH3 is 3. The fraction of sp³-hybridized carbons (Fsp3) is 0.709. The summed E-state index contributed by atoms with van der Waals surface area (Å²) in [4.78, 5) is 84.6. The Morgan fingerprint density at radius 2 is 1.61 bits per heavy atom. The van der Waals surface area contributed by atoms with Gasteiger partial charge in [-0.3, -0.25) is 19.2 Å². The molecule has 3 fully saturated rings. The first-order valence-electron chi connectivity index (χ1n) is 25.4. The molecule has 0 radical (unpaired) electrons. The van der Waals surface area contributed by atoms with Gasteiger partial charge in [0.1, 0.15) is 24.4 Å². The number of nitrogens with zero attached hydrogens (tertiary/aromatic N) is 1. The van der Waals surface area contributed by atoms with Crippen LogP contribution < -0.4 is 0 Å². The predicted molar refractivity (Wildman–Crippen MR) is 264 cm³/mol. The van der Waals surface area contributed by atoms with Crippen molar-refractivity contribution in [3.63, 3.8) is 0 Å². The molecule has 1 aliphatic carbocycles. The van der Waals surface area contributed by atoms with Crippen molar-refractivity contribution in [2.75, 3.05) is 27.9 Å². The van der Waals surface area contributed by atoms with Gasteiger partial charge in [-0.2, -0.15) is 0 Å². The van der Waals surface area contributed by atoms with E-state index in [9.17, 15) is 39.0 Å². The molecule has 2 saturated heterocycles. The lowest BCUT2D eigenvalue weighted by molar-refractivity contribution is -0.265. The summed E-state index contributed by atoms with van der Waals surface area (Å²) in [5, 5.41) is 23.5. The lowest BCUT2D eigenvalue weighted by atomic mass is 9.78. The number of Topliss-reactive ketones (excluding diaryl/α,β-unsaturated/α-hetero) is 3. The van der Waals surface area contributed by atoms with E-state index in [1.807, 2.05) is 58.1 Å². The summed E-state index contributed by atoms with van der Waals surface area (Å²) in [6.45, 7) is 17.9. The van der Waals surface area contributed by atoms with Crippen molar-refractivity contribution in [2.45, 2.75) is 187 Å². The van der Waals surface area contributed by atoms with Crippen LogP contribution >= 0.6 is 0 Å². The summed E-state index contributed by atoms with van der Waals surface area (Å²) in [5.74, 6) is -8.71. The van der Waals surface area contributed by atoms with Gasteiger partial charge in [0, 0.05) is 64.0 Å². The molecular formula is C55H83NO14. The highest BCUT2D eigenvalue weighted by molar-refractivity contribution is 6.39. The molecular weight excluding hydrogens is 899 g/mol. The van der Waals surface area contributed by atoms with Crippen LogP contribution in [0.15, 0.2) is 59.8 Å². The van der Waals surface area contributed by atoms with Gasteiger partial charge in [-0.25, -0.2) is 9.59 Å². The highest BCUT2D eigenvalue weighted by atomic mass is 16.6. The number of hydrogen-bond acceptors (Lipinski definition) is 14. The summed E-state index contributed by atoms with van der Waals surface area (Å²) in [6, 6.07) is -1.17. The Balaban J connectivity index is 1.70. The Morgan fingerprint density at radius 1 is 0.900 bits per heavy atom. The van der Waals surface area contributed by atoms with E-state index in [2.05, 4.69) is 6.58 Å². The number of hydrogen-bond donors (Lipinski definition) is 2. The second-order valence-electron chi connectivity index (χ2n) is 20.8. The van der Waals surface area contributed by atoms with E-state index in [0.29, 0.717) is 69.8 Å². The number of aliphatic hydroxyl groups is 2. The number of fused-ring (bicyclic) bond motifs is 3. The molecule has 0 aromatic rings. The van der Waals surface area contributed by atoms with E-state index in [0.717, 1.165) is 5.57 Å². The van der Waals surface area contributed by atoms with Crippen molar-refractivity contribution in [1.29, 1.82) is 0 Å². The second kappa shape index (κ2) is 27.1. The van der Waals surface area contributed by atoms with Crippen LogP contribution in [0.1, 0.15) is 132 Å². The van der Waals surface area contributed by atoms with E-state index in [4.69, 9.17) is 28.4 Å². The lowest BCUT2D eigenvalue weighted by Crippen LogP contribution is -2.61. The fourth-order valence-corrected chi connectivity index (χ4v) is 10.5. The number of carbonyl (C=O) groups is 6. The molecule has 0 aromatic carbocycles. The average Bonchev–Trinajstić information content (AvgIpc) is 3.33. The minimum absolute atomic E-state index is 0.00966. The molecule has 4 aliphatic rings. The van der Waals surface area contributed by atoms with Gasteiger partial charge in [-0.1, -0.05) is 77.7 Å². The molecule has 15 atom stereocenters. The van der Waals surface area contributed by atoms with E-state index < -0.39 is 102 Å². The number of aliphatic hydroxyl groups excluding tert-OH is 1. The van der Waals surface area contributed by atoms with Crippen LogP contribution in [0.2, 0.25) is 0 Å². The lowest BCUT2D eigenvalue weighted by Gasteiger charge is -2.42. The zero-order valence-electron chi connectivity index (χ0n) is 43.7. The van der Waals surface area contributed by atoms with Crippen molar-refractivity contribution < 1.29 is 67.4 Å². The van der Waals surface area contributed by atoms with Gasteiger partial charge in [-0.15, -0.1) is 0 Å².